The molecule has 0 aromatic carbocycles. The monoisotopic (exact) mass is 155 g/mol. The molecule has 0 saturated carbocycles. The minimum atomic E-state index is 0.827. The van der Waals surface area contributed by atoms with Gasteiger partial charge < -0.3 is 5.41 Å². The Balaban J connectivity index is 3.16. The van der Waals surface area contributed by atoms with Gasteiger partial charge in [0.2, 0.25) is 0 Å². The van der Waals surface area contributed by atoms with Crippen LogP contribution in [-0.2, 0) is 0 Å². The molecule has 0 aliphatic rings. The second-order valence-electron chi connectivity index (χ2n) is 3.57. The molecule has 1 nitrogen and oxygen atoms in total. The summed E-state index contributed by atoms with van der Waals surface area (Å²) in [6, 6.07) is 0. The van der Waals surface area contributed by atoms with Gasteiger partial charge in [-0.1, -0.05) is 33.1 Å². The molecule has 0 aromatic heterocycles. The van der Waals surface area contributed by atoms with Crippen molar-refractivity contribution in [2.45, 2.75) is 52.9 Å². The normalized spacial score (nSPS) is 13.0. The molecule has 1 N–H and O–H groups in total. The third kappa shape index (κ3) is 7.57. The summed E-state index contributed by atoms with van der Waals surface area (Å²) in [5, 5.41) is 7.24. The van der Waals surface area contributed by atoms with Crippen LogP contribution in [0, 0.1) is 11.3 Å². The Morgan fingerprint density at radius 3 is 2.45 bits per heavy atom. The minimum Gasteiger partial charge on any atom is -0.310 e. The first-order chi connectivity index (χ1) is 5.16. The van der Waals surface area contributed by atoms with Gasteiger partial charge in [0, 0.05) is 5.71 Å². The van der Waals surface area contributed by atoms with E-state index in [4.69, 9.17) is 5.41 Å². The van der Waals surface area contributed by atoms with Crippen LogP contribution in [0.3, 0.4) is 0 Å². The standard InChI is InChI=1S/C10H21N/c1-4-6-9(2)7-5-8-10(3)11/h9,11H,4-8H2,1-3H3. The van der Waals surface area contributed by atoms with Crippen LogP contribution in [0.4, 0.5) is 0 Å². The van der Waals surface area contributed by atoms with Crippen LogP contribution >= 0.6 is 0 Å². The highest BCUT2D eigenvalue weighted by Crippen LogP contribution is 2.13. The van der Waals surface area contributed by atoms with Crippen molar-refractivity contribution in [2.24, 2.45) is 5.92 Å². The van der Waals surface area contributed by atoms with Crippen LogP contribution in [0.2, 0.25) is 0 Å². The zero-order chi connectivity index (χ0) is 8.69. The lowest BCUT2D eigenvalue weighted by atomic mass is 9.98. The van der Waals surface area contributed by atoms with Crippen molar-refractivity contribution < 1.29 is 0 Å². The third-order valence-electron chi connectivity index (χ3n) is 2.03. The van der Waals surface area contributed by atoms with Crippen LogP contribution in [0.25, 0.3) is 0 Å². The molecule has 0 radical (unpaired) electrons. The second kappa shape index (κ2) is 6.38. The fraction of sp³-hybridized carbons (Fsp3) is 0.900. The Kier molecular flexibility index (Phi) is 6.19. The van der Waals surface area contributed by atoms with Crippen LogP contribution in [0.15, 0.2) is 0 Å². The van der Waals surface area contributed by atoms with Crippen molar-refractivity contribution in [3.8, 4) is 0 Å². The molecule has 0 saturated heterocycles. The smallest absolute Gasteiger partial charge is 0.00582 e. The first kappa shape index (κ1) is 10.7. The van der Waals surface area contributed by atoms with Gasteiger partial charge in [0.1, 0.15) is 0 Å². The van der Waals surface area contributed by atoms with Gasteiger partial charge in [-0.3, -0.25) is 0 Å². The molecule has 0 aromatic rings. The molecular formula is C10H21N. The molecule has 0 aliphatic carbocycles. The molecule has 0 spiro atoms. The van der Waals surface area contributed by atoms with Gasteiger partial charge in [-0.05, 0) is 25.7 Å². The predicted molar refractivity (Wildman–Crippen MR) is 51.3 cm³/mol. The number of nitrogens with one attached hydrogen (secondary N) is 1. The lowest BCUT2D eigenvalue weighted by Gasteiger charge is -2.08. The highest BCUT2D eigenvalue weighted by molar-refractivity contribution is 5.78. The van der Waals surface area contributed by atoms with E-state index in [9.17, 15) is 0 Å². The Bertz CT molecular complexity index is 107. The summed E-state index contributed by atoms with van der Waals surface area (Å²) < 4.78 is 0. The van der Waals surface area contributed by atoms with Gasteiger partial charge in [-0.15, -0.1) is 0 Å². The molecule has 0 rings (SSSR count). The zero-order valence-corrected chi connectivity index (χ0v) is 8.11. The highest BCUT2D eigenvalue weighted by atomic mass is 14.4. The summed E-state index contributed by atoms with van der Waals surface area (Å²) in [5.41, 5.74) is 0.827. The van der Waals surface area contributed by atoms with E-state index in [1.807, 2.05) is 6.92 Å². The molecular weight excluding hydrogens is 134 g/mol. The number of hydrogen-bond acceptors (Lipinski definition) is 1. The number of rotatable bonds is 6. The largest absolute Gasteiger partial charge is 0.310 e. The summed E-state index contributed by atoms with van der Waals surface area (Å²) in [6.07, 6.45) is 6.14. The van der Waals surface area contributed by atoms with E-state index in [1.54, 1.807) is 0 Å². The fourth-order valence-electron chi connectivity index (χ4n) is 1.35. The van der Waals surface area contributed by atoms with Crippen molar-refractivity contribution >= 4 is 5.71 Å². The van der Waals surface area contributed by atoms with E-state index in [0.717, 1.165) is 18.1 Å². The molecule has 0 amide bonds. The van der Waals surface area contributed by atoms with E-state index in [1.165, 1.54) is 25.7 Å². The van der Waals surface area contributed by atoms with E-state index in [2.05, 4.69) is 13.8 Å². The summed E-state index contributed by atoms with van der Waals surface area (Å²) >= 11 is 0. The topological polar surface area (TPSA) is 23.9 Å². The highest BCUT2D eigenvalue weighted by Gasteiger charge is 1.99. The molecule has 1 heteroatoms. The van der Waals surface area contributed by atoms with Gasteiger partial charge in [0.05, 0.1) is 0 Å². The van der Waals surface area contributed by atoms with Gasteiger partial charge in [0.15, 0.2) is 0 Å². The number of hydrogen-bond donors (Lipinski definition) is 1. The SMILES string of the molecule is CCCC(C)CCCC(C)=N. The van der Waals surface area contributed by atoms with Crippen LogP contribution in [0.5, 0.6) is 0 Å². The molecule has 1 unspecified atom stereocenters. The van der Waals surface area contributed by atoms with Gasteiger partial charge in [0.25, 0.3) is 0 Å². The van der Waals surface area contributed by atoms with E-state index < -0.39 is 0 Å². The quantitative estimate of drug-likeness (QED) is 0.566. The van der Waals surface area contributed by atoms with E-state index in [-0.39, 0.29) is 0 Å². The minimum absolute atomic E-state index is 0.827. The Morgan fingerprint density at radius 2 is 2.00 bits per heavy atom. The first-order valence-corrected chi connectivity index (χ1v) is 4.70. The van der Waals surface area contributed by atoms with Crippen molar-refractivity contribution in [1.29, 1.82) is 5.41 Å². The van der Waals surface area contributed by atoms with Gasteiger partial charge in [-0.2, -0.15) is 0 Å². The summed E-state index contributed by atoms with van der Waals surface area (Å²) in [5.74, 6) is 0.861. The zero-order valence-electron chi connectivity index (χ0n) is 8.11. The molecule has 0 aliphatic heterocycles. The van der Waals surface area contributed by atoms with Crippen molar-refractivity contribution in [3.63, 3.8) is 0 Å². The lowest BCUT2D eigenvalue weighted by molar-refractivity contribution is 0.474. The Labute approximate surface area is 70.7 Å². The van der Waals surface area contributed by atoms with Crippen LogP contribution in [0.1, 0.15) is 52.9 Å². The van der Waals surface area contributed by atoms with Crippen LogP contribution in [-0.4, -0.2) is 5.71 Å². The average Bonchev–Trinajstić information content (AvgIpc) is 1.87. The maximum absolute atomic E-state index is 7.24. The average molecular weight is 155 g/mol. The van der Waals surface area contributed by atoms with Gasteiger partial charge in [-0.25, -0.2) is 0 Å². The predicted octanol–water partition coefficient (Wildman–Crippen LogP) is 3.63. The van der Waals surface area contributed by atoms with Crippen molar-refractivity contribution in [3.05, 3.63) is 0 Å². The molecule has 0 heterocycles. The fourth-order valence-corrected chi connectivity index (χ4v) is 1.35. The second-order valence-corrected chi connectivity index (χ2v) is 3.57. The van der Waals surface area contributed by atoms with Gasteiger partial charge >= 0.3 is 0 Å². The maximum Gasteiger partial charge on any atom is 0.00582 e. The molecule has 0 bridgehead atoms. The Hall–Kier alpha value is -0.330. The van der Waals surface area contributed by atoms with E-state index in [0.29, 0.717) is 0 Å². The molecule has 66 valence electrons. The molecule has 11 heavy (non-hydrogen) atoms. The van der Waals surface area contributed by atoms with Crippen molar-refractivity contribution in [1.82, 2.24) is 0 Å². The van der Waals surface area contributed by atoms with Crippen molar-refractivity contribution in [2.75, 3.05) is 0 Å². The maximum atomic E-state index is 7.24. The summed E-state index contributed by atoms with van der Waals surface area (Å²) in [4.78, 5) is 0. The first-order valence-electron chi connectivity index (χ1n) is 4.70. The van der Waals surface area contributed by atoms with E-state index >= 15 is 0 Å². The lowest BCUT2D eigenvalue weighted by Crippen LogP contribution is -1.96. The Morgan fingerprint density at radius 1 is 1.36 bits per heavy atom. The van der Waals surface area contributed by atoms with Crippen LogP contribution < -0.4 is 0 Å². The molecule has 1 atom stereocenters. The summed E-state index contributed by atoms with van der Waals surface area (Å²) in [6.45, 7) is 6.44. The molecule has 0 fully saturated rings. The third-order valence-corrected chi connectivity index (χ3v) is 2.03. The summed E-state index contributed by atoms with van der Waals surface area (Å²) in [7, 11) is 0.